The van der Waals surface area contributed by atoms with Crippen LogP contribution in [0.4, 0.5) is 0 Å². The molecule has 0 saturated carbocycles. The van der Waals surface area contributed by atoms with Gasteiger partial charge in [-0.1, -0.05) is 6.92 Å². The van der Waals surface area contributed by atoms with E-state index in [1.165, 1.54) is 44.8 Å². The molecule has 0 aromatic carbocycles. The maximum Gasteiger partial charge on any atom is 0.0765 e. The zero-order chi connectivity index (χ0) is 14.1. The van der Waals surface area contributed by atoms with Crippen molar-refractivity contribution in [2.75, 3.05) is 6.54 Å². The summed E-state index contributed by atoms with van der Waals surface area (Å²) in [5, 5.41) is 3.66. The van der Waals surface area contributed by atoms with Crippen molar-refractivity contribution in [3.8, 4) is 0 Å². The summed E-state index contributed by atoms with van der Waals surface area (Å²) in [5.41, 5.74) is 2.95. The molecule has 1 aliphatic rings. The number of rotatable bonds is 4. The molecular weight excluding hydrogens is 350 g/mol. The zero-order valence-electron chi connectivity index (χ0n) is 12.0. The number of hydrogen-bond donors (Lipinski definition) is 1. The van der Waals surface area contributed by atoms with Crippen LogP contribution < -0.4 is 5.32 Å². The minimum atomic E-state index is 0.366. The van der Waals surface area contributed by atoms with Gasteiger partial charge in [0.15, 0.2) is 0 Å². The maximum atomic E-state index is 3.66. The molecule has 2 aromatic rings. The average molecular weight is 370 g/mol. The summed E-state index contributed by atoms with van der Waals surface area (Å²) < 4.78 is 1.26. The number of aryl methyl sites for hydroxylation is 3. The molecule has 1 unspecified atom stereocenters. The van der Waals surface area contributed by atoms with Gasteiger partial charge >= 0.3 is 0 Å². The van der Waals surface area contributed by atoms with Crippen molar-refractivity contribution in [2.45, 2.75) is 45.6 Å². The highest BCUT2D eigenvalue weighted by Gasteiger charge is 2.21. The van der Waals surface area contributed by atoms with Crippen LogP contribution in [-0.4, -0.2) is 6.54 Å². The summed E-state index contributed by atoms with van der Waals surface area (Å²) in [6, 6.07) is 5.14. The van der Waals surface area contributed by atoms with Gasteiger partial charge in [0.05, 0.1) is 9.83 Å². The fraction of sp³-hybridized carbons (Fsp3) is 0.500. The minimum absolute atomic E-state index is 0.366. The van der Waals surface area contributed by atoms with Crippen LogP contribution >= 0.6 is 38.6 Å². The third kappa shape index (κ3) is 2.89. The van der Waals surface area contributed by atoms with Crippen LogP contribution in [0.5, 0.6) is 0 Å². The second kappa shape index (κ2) is 6.30. The van der Waals surface area contributed by atoms with Crippen molar-refractivity contribution in [3.05, 3.63) is 41.7 Å². The van der Waals surface area contributed by atoms with Gasteiger partial charge < -0.3 is 5.32 Å². The Balaban J connectivity index is 1.95. The molecule has 2 aromatic heterocycles. The van der Waals surface area contributed by atoms with Crippen LogP contribution in [0.1, 0.15) is 51.6 Å². The van der Waals surface area contributed by atoms with Crippen molar-refractivity contribution in [1.29, 1.82) is 0 Å². The Morgan fingerprint density at radius 1 is 1.20 bits per heavy atom. The minimum Gasteiger partial charge on any atom is -0.305 e. The van der Waals surface area contributed by atoms with Crippen LogP contribution in [0.2, 0.25) is 0 Å². The molecule has 0 aliphatic heterocycles. The zero-order valence-corrected chi connectivity index (χ0v) is 15.2. The Kier molecular flexibility index (Phi) is 4.65. The molecule has 1 atom stereocenters. The molecule has 108 valence electrons. The second-order valence-electron chi connectivity index (χ2n) is 5.40. The van der Waals surface area contributed by atoms with Crippen LogP contribution in [0.3, 0.4) is 0 Å². The van der Waals surface area contributed by atoms with Crippen molar-refractivity contribution < 1.29 is 0 Å². The van der Waals surface area contributed by atoms with E-state index in [9.17, 15) is 0 Å². The summed E-state index contributed by atoms with van der Waals surface area (Å²) in [6.07, 6.45) is 5.28. The molecule has 1 N–H and O–H groups in total. The van der Waals surface area contributed by atoms with Crippen molar-refractivity contribution >= 4 is 38.6 Å². The predicted molar refractivity (Wildman–Crippen MR) is 93.2 cm³/mol. The Morgan fingerprint density at radius 2 is 1.95 bits per heavy atom. The van der Waals surface area contributed by atoms with Crippen LogP contribution in [-0.2, 0) is 12.8 Å². The maximum absolute atomic E-state index is 3.66. The lowest BCUT2D eigenvalue weighted by Crippen LogP contribution is -2.20. The SMILES string of the molecule is CCNC(c1cc(C)c(Br)s1)c1cc2c(s1)CCCC2. The molecular formula is C16H20BrNS2. The van der Waals surface area contributed by atoms with Gasteiger partial charge in [0.25, 0.3) is 0 Å². The van der Waals surface area contributed by atoms with Crippen LogP contribution in [0, 0.1) is 6.92 Å². The highest BCUT2D eigenvalue weighted by molar-refractivity contribution is 9.11. The highest BCUT2D eigenvalue weighted by Crippen LogP contribution is 2.39. The van der Waals surface area contributed by atoms with E-state index in [1.54, 1.807) is 10.4 Å². The van der Waals surface area contributed by atoms with Crippen molar-refractivity contribution in [2.24, 2.45) is 0 Å². The van der Waals surface area contributed by atoms with Gasteiger partial charge in [0, 0.05) is 14.6 Å². The number of hydrogen-bond acceptors (Lipinski definition) is 3. The van der Waals surface area contributed by atoms with Crippen LogP contribution in [0.25, 0.3) is 0 Å². The first kappa shape index (κ1) is 14.8. The summed E-state index contributed by atoms with van der Waals surface area (Å²) in [4.78, 5) is 4.55. The molecule has 3 rings (SSSR count). The van der Waals surface area contributed by atoms with E-state index in [1.807, 2.05) is 22.7 Å². The molecule has 1 aliphatic carbocycles. The number of fused-ring (bicyclic) bond motifs is 1. The Hall–Kier alpha value is -0.160. The summed E-state index contributed by atoms with van der Waals surface area (Å²) in [7, 11) is 0. The number of thiophene rings is 2. The molecule has 0 radical (unpaired) electrons. The average Bonchev–Trinajstić information content (AvgIpc) is 3.00. The quantitative estimate of drug-likeness (QED) is 0.754. The standard InChI is InChI=1S/C16H20BrNS2/c1-3-18-15(13-8-10(2)16(17)20-13)14-9-11-6-4-5-7-12(11)19-14/h8-9,15,18H,3-7H2,1-2H3. The monoisotopic (exact) mass is 369 g/mol. The van der Waals surface area contributed by atoms with E-state index >= 15 is 0 Å². The van der Waals surface area contributed by atoms with Crippen molar-refractivity contribution in [1.82, 2.24) is 5.32 Å². The lowest BCUT2D eigenvalue weighted by molar-refractivity contribution is 0.647. The number of halogens is 1. The molecule has 0 saturated heterocycles. The largest absolute Gasteiger partial charge is 0.305 e. The highest BCUT2D eigenvalue weighted by atomic mass is 79.9. The molecule has 1 nitrogen and oxygen atoms in total. The topological polar surface area (TPSA) is 12.0 Å². The van der Waals surface area contributed by atoms with Crippen LogP contribution in [0.15, 0.2) is 15.9 Å². The molecule has 0 spiro atoms. The first-order chi connectivity index (χ1) is 9.69. The van der Waals surface area contributed by atoms with E-state index in [2.05, 4.69) is 47.2 Å². The smallest absolute Gasteiger partial charge is 0.0765 e. The van der Waals surface area contributed by atoms with Gasteiger partial charge in [-0.05, 0) is 78.3 Å². The first-order valence-corrected chi connectivity index (χ1v) is 9.72. The van der Waals surface area contributed by atoms with E-state index in [4.69, 9.17) is 0 Å². The Morgan fingerprint density at radius 3 is 2.60 bits per heavy atom. The van der Waals surface area contributed by atoms with E-state index < -0.39 is 0 Å². The Labute approximate surface area is 137 Å². The summed E-state index contributed by atoms with van der Waals surface area (Å²) in [6.45, 7) is 5.37. The second-order valence-corrected chi connectivity index (χ2v) is 8.97. The van der Waals surface area contributed by atoms with Gasteiger partial charge in [-0.2, -0.15) is 0 Å². The Bertz CT molecular complexity index is 557. The predicted octanol–water partition coefficient (Wildman–Crippen LogP) is 5.46. The molecule has 0 amide bonds. The van der Waals surface area contributed by atoms with E-state index in [-0.39, 0.29) is 0 Å². The number of nitrogens with one attached hydrogen (secondary N) is 1. The normalized spacial score (nSPS) is 16.1. The lowest BCUT2D eigenvalue weighted by Gasteiger charge is -2.14. The van der Waals surface area contributed by atoms with Crippen molar-refractivity contribution in [3.63, 3.8) is 0 Å². The van der Waals surface area contributed by atoms with Gasteiger partial charge in [-0.15, -0.1) is 22.7 Å². The van der Waals surface area contributed by atoms with Gasteiger partial charge in [0.1, 0.15) is 0 Å². The molecule has 0 fully saturated rings. The summed E-state index contributed by atoms with van der Waals surface area (Å²) >= 11 is 7.55. The molecule has 20 heavy (non-hydrogen) atoms. The third-order valence-electron chi connectivity index (χ3n) is 3.87. The first-order valence-electron chi connectivity index (χ1n) is 7.29. The molecule has 4 heteroatoms. The van der Waals surface area contributed by atoms with Gasteiger partial charge in [-0.25, -0.2) is 0 Å². The fourth-order valence-corrected chi connectivity index (χ4v) is 5.92. The third-order valence-corrected chi connectivity index (χ3v) is 7.37. The van der Waals surface area contributed by atoms with E-state index in [0.29, 0.717) is 6.04 Å². The summed E-state index contributed by atoms with van der Waals surface area (Å²) in [5.74, 6) is 0. The van der Waals surface area contributed by atoms with E-state index in [0.717, 1.165) is 6.54 Å². The van der Waals surface area contributed by atoms with Gasteiger partial charge in [-0.3, -0.25) is 0 Å². The van der Waals surface area contributed by atoms with Gasteiger partial charge in [0.2, 0.25) is 0 Å². The fourth-order valence-electron chi connectivity index (χ4n) is 2.83. The molecule has 0 bridgehead atoms. The lowest BCUT2D eigenvalue weighted by atomic mass is 9.98. The molecule has 2 heterocycles.